The Hall–Kier alpha value is -3.34. The van der Waals surface area contributed by atoms with E-state index in [1.807, 2.05) is 44.2 Å². The van der Waals surface area contributed by atoms with E-state index in [2.05, 4.69) is 4.98 Å². The first kappa shape index (κ1) is 19.4. The average molecular weight is 377 g/mol. The monoisotopic (exact) mass is 377 g/mol. The maximum Gasteiger partial charge on any atom is 0.211 e. The van der Waals surface area contributed by atoms with E-state index < -0.39 is 0 Å². The summed E-state index contributed by atoms with van der Waals surface area (Å²) < 4.78 is 16.0. The van der Waals surface area contributed by atoms with Gasteiger partial charge in [-0.1, -0.05) is 29.8 Å². The van der Waals surface area contributed by atoms with Gasteiger partial charge in [-0.2, -0.15) is 0 Å². The zero-order valence-corrected chi connectivity index (χ0v) is 16.7. The molecule has 0 saturated carbocycles. The van der Waals surface area contributed by atoms with Crippen molar-refractivity contribution < 1.29 is 19.0 Å². The Labute approximate surface area is 164 Å². The molecule has 0 spiro atoms. The fourth-order valence-corrected chi connectivity index (χ4v) is 3.02. The van der Waals surface area contributed by atoms with Crippen LogP contribution in [0.1, 0.15) is 27.2 Å². The van der Waals surface area contributed by atoms with Crippen LogP contribution >= 0.6 is 0 Å². The van der Waals surface area contributed by atoms with E-state index in [9.17, 15) is 4.79 Å². The highest BCUT2D eigenvalue weighted by Crippen LogP contribution is 2.38. The average Bonchev–Trinajstić information content (AvgIpc) is 2.72. The Kier molecular flexibility index (Phi) is 5.64. The molecule has 0 aliphatic rings. The van der Waals surface area contributed by atoms with Crippen molar-refractivity contribution in [3.63, 3.8) is 0 Å². The van der Waals surface area contributed by atoms with Crippen LogP contribution in [0.2, 0.25) is 0 Å². The molecule has 0 N–H and O–H groups in total. The lowest BCUT2D eigenvalue weighted by Gasteiger charge is -2.14. The molecule has 0 saturated heterocycles. The zero-order chi connectivity index (χ0) is 20.3. The molecule has 1 heterocycles. The molecular weight excluding hydrogens is 354 g/mol. The van der Waals surface area contributed by atoms with E-state index in [-0.39, 0.29) is 5.78 Å². The van der Waals surface area contributed by atoms with Crippen molar-refractivity contribution >= 4 is 5.78 Å². The summed E-state index contributed by atoms with van der Waals surface area (Å²) in [4.78, 5) is 17.8. The molecule has 0 aliphatic carbocycles. The van der Waals surface area contributed by atoms with Gasteiger partial charge < -0.3 is 14.2 Å². The van der Waals surface area contributed by atoms with Crippen LogP contribution in [-0.2, 0) is 0 Å². The fraction of sp³-hybridized carbons (Fsp3) is 0.217. The normalized spacial score (nSPS) is 10.5. The number of rotatable bonds is 6. The van der Waals surface area contributed by atoms with Crippen molar-refractivity contribution in [3.05, 3.63) is 70.9 Å². The molecule has 0 radical (unpaired) electrons. The Morgan fingerprint density at radius 1 is 0.786 bits per heavy atom. The van der Waals surface area contributed by atoms with Crippen molar-refractivity contribution in [1.82, 2.24) is 4.98 Å². The number of methoxy groups -OCH3 is 3. The second-order valence-corrected chi connectivity index (χ2v) is 6.52. The van der Waals surface area contributed by atoms with Gasteiger partial charge in [0.2, 0.25) is 11.5 Å². The van der Waals surface area contributed by atoms with Gasteiger partial charge >= 0.3 is 0 Å². The third-order valence-corrected chi connectivity index (χ3v) is 4.48. The summed E-state index contributed by atoms with van der Waals surface area (Å²) in [7, 11) is 4.57. The summed E-state index contributed by atoms with van der Waals surface area (Å²) in [5.41, 5.74) is 4.64. The van der Waals surface area contributed by atoms with E-state index in [0.717, 1.165) is 16.8 Å². The lowest BCUT2D eigenvalue weighted by Crippen LogP contribution is -2.07. The first-order valence-corrected chi connectivity index (χ1v) is 8.87. The van der Waals surface area contributed by atoms with E-state index in [1.165, 1.54) is 26.9 Å². The largest absolute Gasteiger partial charge is 0.493 e. The van der Waals surface area contributed by atoms with Crippen LogP contribution in [0.25, 0.3) is 11.3 Å². The molecule has 0 fully saturated rings. The van der Waals surface area contributed by atoms with Crippen LogP contribution < -0.4 is 14.2 Å². The molecule has 0 amide bonds. The molecule has 0 unspecified atom stereocenters. The summed E-state index contributed by atoms with van der Waals surface area (Å²) >= 11 is 0. The van der Waals surface area contributed by atoms with Crippen LogP contribution in [0.4, 0.5) is 0 Å². The number of aromatic nitrogens is 1. The molecule has 3 rings (SSSR count). The molecular formula is C23H23NO4. The fourth-order valence-electron chi connectivity index (χ4n) is 3.02. The van der Waals surface area contributed by atoms with Gasteiger partial charge in [0.05, 0.1) is 27.0 Å². The third kappa shape index (κ3) is 3.83. The number of pyridine rings is 1. The topological polar surface area (TPSA) is 57.7 Å². The molecule has 0 aliphatic heterocycles. The summed E-state index contributed by atoms with van der Waals surface area (Å²) in [6.07, 6.45) is 0. The van der Waals surface area contributed by atoms with Gasteiger partial charge in [0, 0.05) is 11.1 Å². The number of carbonyl (C=O) groups is 1. The molecule has 0 bridgehead atoms. The van der Waals surface area contributed by atoms with E-state index >= 15 is 0 Å². The minimum absolute atomic E-state index is 0.212. The number of hydrogen-bond acceptors (Lipinski definition) is 5. The minimum Gasteiger partial charge on any atom is -0.493 e. The van der Waals surface area contributed by atoms with Crippen LogP contribution in [0.15, 0.2) is 48.5 Å². The first-order chi connectivity index (χ1) is 13.5. The third-order valence-electron chi connectivity index (χ3n) is 4.48. The predicted molar refractivity (Wildman–Crippen MR) is 109 cm³/mol. The number of carbonyl (C=O) groups excluding carboxylic acids is 1. The minimum atomic E-state index is -0.212. The van der Waals surface area contributed by atoms with Crippen molar-refractivity contribution in [3.8, 4) is 28.5 Å². The summed E-state index contributed by atoms with van der Waals surface area (Å²) in [6, 6.07) is 15.1. The highest BCUT2D eigenvalue weighted by molar-refractivity contribution is 6.08. The second kappa shape index (κ2) is 8.13. The highest BCUT2D eigenvalue weighted by atomic mass is 16.5. The van der Waals surface area contributed by atoms with Gasteiger partial charge in [-0.15, -0.1) is 0 Å². The summed E-state index contributed by atoms with van der Waals surface area (Å²) in [5.74, 6) is 1.09. The van der Waals surface area contributed by atoms with Gasteiger partial charge in [0.15, 0.2) is 11.5 Å². The zero-order valence-electron chi connectivity index (χ0n) is 16.7. The number of benzene rings is 2. The second-order valence-electron chi connectivity index (χ2n) is 6.52. The molecule has 3 aromatic rings. The lowest BCUT2D eigenvalue weighted by molar-refractivity contribution is 0.103. The molecule has 28 heavy (non-hydrogen) atoms. The number of ether oxygens (including phenoxy) is 3. The molecule has 2 aromatic carbocycles. The quantitative estimate of drug-likeness (QED) is 0.587. The first-order valence-electron chi connectivity index (χ1n) is 8.87. The van der Waals surface area contributed by atoms with Gasteiger partial charge in [0.25, 0.3) is 0 Å². The van der Waals surface area contributed by atoms with Crippen molar-refractivity contribution in [2.75, 3.05) is 21.3 Å². The molecule has 1 aromatic heterocycles. The standard InChI is InChI=1S/C23H23NO4/c1-14-6-8-16(9-7-14)18-10-15(2)11-19(24-18)22(25)17-12-20(26-3)23(28-5)21(13-17)27-4/h6-13H,1-5H3. The molecule has 5 heteroatoms. The van der Waals surface area contributed by atoms with Crippen molar-refractivity contribution in [2.24, 2.45) is 0 Å². The Bertz CT molecular complexity index is 985. The Morgan fingerprint density at radius 2 is 1.39 bits per heavy atom. The van der Waals surface area contributed by atoms with E-state index in [1.54, 1.807) is 18.2 Å². The number of aryl methyl sites for hydroxylation is 2. The van der Waals surface area contributed by atoms with Gasteiger partial charge in [-0.25, -0.2) is 4.98 Å². The van der Waals surface area contributed by atoms with Crippen LogP contribution in [0.5, 0.6) is 17.2 Å². The van der Waals surface area contributed by atoms with Crippen molar-refractivity contribution in [1.29, 1.82) is 0 Å². The van der Waals surface area contributed by atoms with Crippen molar-refractivity contribution in [2.45, 2.75) is 13.8 Å². The predicted octanol–water partition coefficient (Wildman–Crippen LogP) is 4.62. The number of ketones is 1. The van der Waals surface area contributed by atoms with Crippen LogP contribution in [0.3, 0.4) is 0 Å². The number of hydrogen-bond donors (Lipinski definition) is 0. The Morgan fingerprint density at radius 3 is 1.93 bits per heavy atom. The van der Waals surface area contributed by atoms with E-state index in [4.69, 9.17) is 14.2 Å². The lowest BCUT2D eigenvalue weighted by atomic mass is 10.0. The van der Waals surface area contributed by atoms with E-state index in [0.29, 0.717) is 28.5 Å². The Balaban J connectivity index is 2.07. The van der Waals surface area contributed by atoms with Crippen LogP contribution in [-0.4, -0.2) is 32.1 Å². The maximum absolute atomic E-state index is 13.2. The number of nitrogens with zero attached hydrogens (tertiary/aromatic N) is 1. The van der Waals surface area contributed by atoms with Gasteiger partial charge in [-0.05, 0) is 43.7 Å². The van der Waals surface area contributed by atoms with Crippen LogP contribution in [0, 0.1) is 13.8 Å². The molecule has 0 atom stereocenters. The SMILES string of the molecule is COc1cc(C(=O)c2cc(C)cc(-c3ccc(C)cc3)n2)cc(OC)c1OC. The highest BCUT2D eigenvalue weighted by Gasteiger charge is 2.19. The van der Waals surface area contributed by atoms with Gasteiger partial charge in [0.1, 0.15) is 5.69 Å². The maximum atomic E-state index is 13.2. The van der Waals surface area contributed by atoms with Gasteiger partial charge in [-0.3, -0.25) is 4.79 Å². The summed E-state index contributed by atoms with van der Waals surface area (Å²) in [5, 5.41) is 0. The smallest absolute Gasteiger partial charge is 0.211 e. The molecule has 5 nitrogen and oxygen atoms in total. The molecule has 144 valence electrons. The summed E-state index contributed by atoms with van der Waals surface area (Å²) in [6.45, 7) is 3.98.